The Morgan fingerprint density at radius 1 is 1.40 bits per heavy atom. The summed E-state index contributed by atoms with van der Waals surface area (Å²) >= 11 is 0. The molecule has 0 radical (unpaired) electrons. The second-order valence-electron chi connectivity index (χ2n) is 5.22. The molecule has 1 rings (SSSR count). The number of hydrogen-bond acceptors (Lipinski definition) is 3. The Hall–Kier alpha value is -0.760. The Kier molecular flexibility index (Phi) is 5.88. The van der Waals surface area contributed by atoms with E-state index in [0.717, 1.165) is 0 Å². The number of halogens is 2. The van der Waals surface area contributed by atoms with Gasteiger partial charge in [0.1, 0.15) is 0 Å². The first-order chi connectivity index (χ1) is 9.18. The number of rotatable bonds is 6. The van der Waals surface area contributed by atoms with Crippen LogP contribution in [0.5, 0.6) is 0 Å². The molecule has 1 aliphatic carbocycles. The molecule has 0 aromatic rings. The Morgan fingerprint density at radius 3 is 2.60 bits per heavy atom. The second-order valence-corrected chi connectivity index (χ2v) is 7.02. The lowest BCUT2D eigenvalue weighted by Crippen LogP contribution is -2.47. The van der Waals surface area contributed by atoms with Gasteiger partial charge in [0.15, 0.2) is 0 Å². The highest BCUT2D eigenvalue weighted by atomic mass is 32.2. The van der Waals surface area contributed by atoms with E-state index in [4.69, 9.17) is 0 Å². The molecule has 1 amide bonds. The SMILES string of the molecule is CCNC(=O)[C@H](C)NS(=O)(=O)C[C@H]1CCCCC1(F)F. The lowest BCUT2D eigenvalue weighted by atomic mass is 9.87. The quantitative estimate of drug-likeness (QED) is 0.775. The predicted octanol–water partition coefficient (Wildman–Crippen LogP) is 1.26. The van der Waals surface area contributed by atoms with Gasteiger partial charge in [-0.3, -0.25) is 4.79 Å². The average molecular weight is 312 g/mol. The lowest BCUT2D eigenvalue weighted by molar-refractivity contribution is -0.122. The van der Waals surface area contributed by atoms with Crippen LogP contribution in [0.3, 0.4) is 0 Å². The number of carbonyl (C=O) groups is 1. The van der Waals surface area contributed by atoms with Crippen molar-refractivity contribution in [3.05, 3.63) is 0 Å². The van der Waals surface area contributed by atoms with Crippen molar-refractivity contribution in [3.8, 4) is 0 Å². The zero-order chi connectivity index (χ0) is 15.4. The minimum Gasteiger partial charge on any atom is -0.355 e. The number of sulfonamides is 1. The first-order valence-corrected chi connectivity index (χ1v) is 8.48. The normalized spacial score (nSPS) is 24.1. The van der Waals surface area contributed by atoms with Crippen molar-refractivity contribution >= 4 is 15.9 Å². The van der Waals surface area contributed by atoms with Crippen LogP contribution in [-0.2, 0) is 14.8 Å². The summed E-state index contributed by atoms with van der Waals surface area (Å²) in [5.41, 5.74) is 0. The summed E-state index contributed by atoms with van der Waals surface area (Å²) in [5, 5.41) is 2.47. The molecule has 0 aliphatic heterocycles. The van der Waals surface area contributed by atoms with Gasteiger partial charge >= 0.3 is 0 Å². The maximum absolute atomic E-state index is 13.6. The summed E-state index contributed by atoms with van der Waals surface area (Å²) in [5.74, 6) is -5.22. The van der Waals surface area contributed by atoms with Crippen molar-refractivity contribution in [3.63, 3.8) is 0 Å². The summed E-state index contributed by atoms with van der Waals surface area (Å²) in [6.07, 6.45) is 0.969. The third kappa shape index (κ3) is 4.97. The number of amides is 1. The van der Waals surface area contributed by atoms with E-state index < -0.39 is 39.6 Å². The molecule has 1 fully saturated rings. The summed E-state index contributed by atoms with van der Waals surface area (Å²) in [7, 11) is -3.91. The Morgan fingerprint density at radius 2 is 2.05 bits per heavy atom. The molecule has 2 N–H and O–H groups in total. The van der Waals surface area contributed by atoms with E-state index in [9.17, 15) is 22.0 Å². The van der Waals surface area contributed by atoms with Crippen molar-refractivity contribution in [2.75, 3.05) is 12.3 Å². The standard InChI is InChI=1S/C12H22F2N2O3S/c1-3-15-11(17)9(2)16-20(18,19)8-10-6-4-5-7-12(10,13)14/h9-10,16H,3-8H2,1-2H3,(H,15,17)/t9-,10+/m0/s1. The van der Waals surface area contributed by atoms with Gasteiger partial charge in [-0.1, -0.05) is 6.42 Å². The molecule has 0 saturated heterocycles. The number of hydrogen-bond donors (Lipinski definition) is 2. The van der Waals surface area contributed by atoms with Gasteiger partial charge in [-0.15, -0.1) is 0 Å². The van der Waals surface area contributed by atoms with Gasteiger partial charge in [-0.2, -0.15) is 0 Å². The van der Waals surface area contributed by atoms with E-state index in [0.29, 0.717) is 19.4 Å². The highest BCUT2D eigenvalue weighted by Crippen LogP contribution is 2.38. The van der Waals surface area contributed by atoms with Crippen molar-refractivity contribution in [1.82, 2.24) is 10.0 Å². The molecule has 1 aliphatic rings. The minimum absolute atomic E-state index is 0.198. The number of alkyl halides is 2. The van der Waals surface area contributed by atoms with Gasteiger partial charge in [-0.05, 0) is 26.7 Å². The highest BCUT2D eigenvalue weighted by Gasteiger charge is 2.43. The molecule has 0 unspecified atom stereocenters. The molecule has 0 heterocycles. The van der Waals surface area contributed by atoms with Crippen LogP contribution < -0.4 is 10.0 Å². The predicted molar refractivity (Wildman–Crippen MR) is 72.0 cm³/mol. The fraction of sp³-hybridized carbons (Fsp3) is 0.917. The van der Waals surface area contributed by atoms with Gasteiger partial charge in [0.25, 0.3) is 5.92 Å². The molecule has 1 saturated carbocycles. The molecular weight excluding hydrogens is 290 g/mol. The molecule has 118 valence electrons. The number of carbonyl (C=O) groups excluding carboxylic acids is 1. The largest absolute Gasteiger partial charge is 0.355 e. The molecular formula is C12H22F2N2O3S. The van der Waals surface area contributed by atoms with E-state index in [1.807, 2.05) is 0 Å². The van der Waals surface area contributed by atoms with Gasteiger partial charge in [0, 0.05) is 18.9 Å². The van der Waals surface area contributed by atoms with Crippen LogP contribution in [0.2, 0.25) is 0 Å². The van der Waals surface area contributed by atoms with Gasteiger partial charge in [-0.25, -0.2) is 21.9 Å². The highest BCUT2D eigenvalue weighted by molar-refractivity contribution is 7.89. The number of likely N-dealkylation sites (N-methyl/N-ethyl adjacent to an activating group) is 1. The van der Waals surface area contributed by atoms with Crippen LogP contribution >= 0.6 is 0 Å². The second kappa shape index (κ2) is 6.80. The first kappa shape index (κ1) is 17.3. The minimum atomic E-state index is -3.91. The molecule has 8 heteroatoms. The Labute approximate surface area is 118 Å². The zero-order valence-electron chi connectivity index (χ0n) is 11.8. The van der Waals surface area contributed by atoms with E-state index in [1.165, 1.54) is 6.92 Å². The van der Waals surface area contributed by atoms with Crippen LogP contribution in [0.4, 0.5) is 8.78 Å². The molecule has 2 atom stereocenters. The van der Waals surface area contributed by atoms with Gasteiger partial charge in [0.2, 0.25) is 15.9 Å². The topological polar surface area (TPSA) is 75.3 Å². The van der Waals surface area contributed by atoms with Crippen molar-refractivity contribution in [1.29, 1.82) is 0 Å². The van der Waals surface area contributed by atoms with Crippen molar-refractivity contribution in [2.24, 2.45) is 5.92 Å². The van der Waals surface area contributed by atoms with E-state index in [-0.39, 0.29) is 12.8 Å². The molecule has 0 aromatic carbocycles. The number of nitrogens with one attached hydrogen (secondary N) is 2. The van der Waals surface area contributed by atoms with E-state index in [1.54, 1.807) is 6.92 Å². The Bertz CT molecular complexity index is 440. The van der Waals surface area contributed by atoms with Crippen molar-refractivity contribution in [2.45, 2.75) is 51.5 Å². The summed E-state index contributed by atoms with van der Waals surface area (Å²) in [4.78, 5) is 11.5. The van der Waals surface area contributed by atoms with Crippen LogP contribution in [0.15, 0.2) is 0 Å². The first-order valence-electron chi connectivity index (χ1n) is 6.83. The average Bonchev–Trinajstić information content (AvgIpc) is 2.31. The van der Waals surface area contributed by atoms with Gasteiger partial charge < -0.3 is 5.32 Å². The maximum Gasteiger partial charge on any atom is 0.251 e. The molecule has 5 nitrogen and oxygen atoms in total. The fourth-order valence-corrected chi connectivity index (χ4v) is 4.02. The maximum atomic E-state index is 13.6. The molecule has 0 spiro atoms. The lowest BCUT2D eigenvalue weighted by Gasteiger charge is -2.31. The smallest absolute Gasteiger partial charge is 0.251 e. The summed E-state index contributed by atoms with van der Waals surface area (Å²) in [6.45, 7) is 3.48. The van der Waals surface area contributed by atoms with Crippen LogP contribution in [-0.4, -0.2) is 38.6 Å². The third-order valence-electron chi connectivity index (χ3n) is 3.43. The summed E-state index contributed by atoms with van der Waals surface area (Å²) in [6, 6.07) is -0.961. The van der Waals surface area contributed by atoms with Crippen LogP contribution in [0.1, 0.15) is 39.5 Å². The molecule has 20 heavy (non-hydrogen) atoms. The van der Waals surface area contributed by atoms with E-state index in [2.05, 4.69) is 10.0 Å². The van der Waals surface area contributed by atoms with Gasteiger partial charge in [0.05, 0.1) is 11.8 Å². The molecule has 0 bridgehead atoms. The van der Waals surface area contributed by atoms with Crippen LogP contribution in [0, 0.1) is 5.92 Å². The third-order valence-corrected chi connectivity index (χ3v) is 4.99. The molecule has 0 aromatic heterocycles. The van der Waals surface area contributed by atoms with E-state index >= 15 is 0 Å². The zero-order valence-corrected chi connectivity index (χ0v) is 12.6. The van der Waals surface area contributed by atoms with Crippen LogP contribution in [0.25, 0.3) is 0 Å². The monoisotopic (exact) mass is 312 g/mol. The Balaban J connectivity index is 2.63. The summed E-state index contributed by atoms with van der Waals surface area (Å²) < 4.78 is 53.2. The van der Waals surface area contributed by atoms with Crippen molar-refractivity contribution < 1.29 is 22.0 Å². The fourth-order valence-electron chi connectivity index (χ4n) is 2.34.